The molecule has 0 aliphatic heterocycles. The first-order chi connectivity index (χ1) is 7.65. The molecule has 2 rings (SSSR count). The van der Waals surface area contributed by atoms with Crippen LogP contribution in [0.5, 0.6) is 0 Å². The monoisotopic (exact) mass is 234 g/mol. The van der Waals surface area contributed by atoms with Gasteiger partial charge in [-0.3, -0.25) is 0 Å². The van der Waals surface area contributed by atoms with Gasteiger partial charge in [0.05, 0.1) is 5.25 Å². The van der Waals surface area contributed by atoms with Gasteiger partial charge in [0, 0.05) is 4.90 Å². The van der Waals surface area contributed by atoms with Crippen molar-refractivity contribution in [2.75, 3.05) is 0 Å². The maximum absolute atomic E-state index is 5.14. The zero-order chi connectivity index (χ0) is 11.5. The molecule has 16 heavy (non-hydrogen) atoms. The third-order valence-electron chi connectivity index (χ3n) is 2.22. The van der Waals surface area contributed by atoms with Crippen LogP contribution in [0.25, 0.3) is 0 Å². The quantitative estimate of drug-likeness (QED) is 0.761. The Morgan fingerprint density at radius 2 is 1.88 bits per heavy atom. The second kappa shape index (κ2) is 4.70. The summed E-state index contributed by atoms with van der Waals surface area (Å²) in [4.78, 5) is 5.44. The normalized spacial score (nSPS) is 12.7. The number of aryl methyl sites for hydroxylation is 2. The zero-order valence-electron chi connectivity index (χ0n) is 9.60. The molecule has 0 aliphatic rings. The lowest BCUT2D eigenvalue weighted by molar-refractivity contribution is 0.376. The Balaban J connectivity index is 2.07. The van der Waals surface area contributed by atoms with Crippen molar-refractivity contribution in [3.8, 4) is 0 Å². The molecule has 0 saturated carbocycles. The highest BCUT2D eigenvalue weighted by atomic mass is 32.2. The van der Waals surface area contributed by atoms with E-state index >= 15 is 0 Å². The first kappa shape index (κ1) is 11.2. The van der Waals surface area contributed by atoms with E-state index in [-0.39, 0.29) is 5.25 Å². The predicted octanol–water partition coefficient (Wildman–Crippen LogP) is 3.54. The number of benzene rings is 1. The van der Waals surface area contributed by atoms with E-state index in [0.717, 1.165) is 0 Å². The van der Waals surface area contributed by atoms with Gasteiger partial charge in [-0.05, 0) is 32.9 Å². The van der Waals surface area contributed by atoms with Crippen LogP contribution in [-0.4, -0.2) is 10.1 Å². The molecule has 0 N–H and O–H groups in total. The van der Waals surface area contributed by atoms with Crippen molar-refractivity contribution in [1.82, 2.24) is 10.1 Å². The van der Waals surface area contributed by atoms with Crippen LogP contribution in [0.4, 0.5) is 0 Å². The maximum Gasteiger partial charge on any atom is 0.239 e. The van der Waals surface area contributed by atoms with Crippen LogP contribution in [-0.2, 0) is 0 Å². The van der Waals surface area contributed by atoms with E-state index in [1.165, 1.54) is 10.5 Å². The summed E-state index contributed by atoms with van der Waals surface area (Å²) in [5.41, 5.74) is 1.27. The molecule has 0 aliphatic carbocycles. The van der Waals surface area contributed by atoms with Crippen molar-refractivity contribution in [2.45, 2.75) is 30.9 Å². The van der Waals surface area contributed by atoms with E-state index in [2.05, 4.69) is 48.3 Å². The molecule has 2 aromatic rings. The van der Waals surface area contributed by atoms with E-state index in [1.807, 2.05) is 6.92 Å². The highest BCUT2D eigenvalue weighted by Crippen LogP contribution is 2.33. The molecule has 1 atom stereocenters. The molecular formula is C12H14N2OS. The molecule has 0 spiro atoms. The molecular weight excluding hydrogens is 220 g/mol. The average molecular weight is 234 g/mol. The second-order valence-electron chi connectivity index (χ2n) is 3.75. The van der Waals surface area contributed by atoms with Gasteiger partial charge >= 0.3 is 0 Å². The Bertz CT molecular complexity index is 464. The molecule has 0 radical (unpaired) electrons. The molecule has 4 heteroatoms. The molecule has 0 fully saturated rings. The molecule has 1 unspecified atom stereocenters. The minimum absolute atomic E-state index is 0.184. The molecule has 0 bridgehead atoms. The summed E-state index contributed by atoms with van der Waals surface area (Å²) in [6.45, 7) is 5.98. The van der Waals surface area contributed by atoms with Gasteiger partial charge in [0.1, 0.15) is 0 Å². The summed E-state index contributed by atoms with van der Waals surface area (Å²) in [6, 6.07) is 8.43. The SMILES string of the molecule is Cc1ccc(SC(C)c2nc(C)no2)cc1. The van der Waals surface area contributed by atoms with Crippen molar-refractivity contribution in [3.63, 3.8) is 0 Å². The summed E-state index contributed by atoms with van der Waals surface area (Å²) < 4.78 is 5.14. The predicted molar refractivity (Wildman–Crippen MR) is 64.5 cm³/mol. The van der Waals surface area contributed by atoms with E-state index in [9.17, 15) is 0 Å². The highest BCUT2D eigenvalue weighted by Gasteiger charge is 2.13. The van der Waals surface area contributed by atoms with Gasteiger partial charge in [0.2, 0.25) is 5.89 Å². The topological polar surface area (TPSA) is 38.9 Å². The second-order valence-corrected chi connectivity index (χ2v) is 5.17. The average Bonchev–Trinajstić information content (AvgIpc) is 2.68. The van der Waals surface area contributed by atoms with Gasteiger partial charge in [-0.2, -0.15) is 4.98 Å². The Hall–Kier alpha value is -1.29. The van der Waals surface area contributed by atoms with Crippen LogP contribution in [0.15, 0.2) is 33.7 Å². The van der Waals surface area contributed by atoms with Crippen molar-refractivity contribution in [3.05, 3.63) is 41.5 Å². The van der Waals surface area contributed by atoms with Crippen molar-refractivity contribution in [1.29, 1.82) is 0 Å². The number of hydrogen-bond donors (Lipinski definition) is 0. The van der Waals surface area contributed by atoms with E-state index in [0.29, 0.717) is 11.7 Å². The van der Waals surface area contributed by atoms with Gasteiger partial charge in [-0.1, -0.05) is 22.9 Å². The Morgan fingerprint density at radius 3 is 2.44 bits per heavy atom. The largest absolute Gasteiger partial charge is 0.338 e. The molecule has 1 aromatic carbocycles. The summed E-state index contributed by atoms with van der Waals surface area (Å²) in [6.07, 6.45) is 0. The molecule has 84 valence electrons. The van der Waals surface area contributed by atoms with Gasteiger partial charge in [-0.15, -0.1) is 11.8 Å². The van der Waals surface area contributed by atoms with Gasteiger partial charge in [-0.25, -0.2) is 0 Å². The van der Waals surface area contributed by atoms with E-state index in [1.54, 1.807) is 11.8 Å². The van der Waals surface area contributed by atoms with Crippen molar-refractivity contribution >= 4 is 11.8 Å². The van der Waals surface area contributed by atoms with Gasteiger partial charge in [0.25, 0.3) is 0 Å². The fourth-order valence-electron chi connectivity index (χ4n) is 1.35. The van der Waals surface area contributed by atoms with Crippen molar-refractivity contribution < 1.29 is 4.52 Å². The molecule has 3 nitrogen and oxygen atoms in total. The van der Waals surface area contributed by atoms with Crippen LogP contribution in [0.2, 0.25) is 0 Å². The van der Waals surface area contributed by atoms with Crippen LogP contribution >= 0.6 is 11.8 Å². The van der Waals surface area contributed by atoms with Gasteiger partial charge < -0.3 is 4.52 Å². The third-order valence-corrected chi connectivity index (χ3v) is 3.32. The Morgan fingerprint density at radius 1 is 1.19 bits per heavy atom. The number of thioether (sulfide) groups is 1. The third kappa shape index (κ3) is 2.64. The van der Waals surface area contributed by atoms with Crippen LogP contribution in [0.3, 0.4) is 0 Å². The number of nitrogens with zero attached hydrogens (tertiary/aromatic N) is 2. The minimum atomic E-state index is 0.184. The summed E-state index contributed by atoms with van der Waals surface area (Å²) in [7, 11) is 0. The lowest BCUT2D eigenvalue weighted by Gasteiger charge is -2.06. The smallest absolute Gasteiger partial charge is 0.239 e. The fraction of sp³-hybridized carbons (Fsp3) is 0.333. The van der Waals surface area contributed by atoms with Crippen LogP contribution in [0.1, 0.15) is 29.5 Å². The van der Waals surface area contributed by atoms with E-state index in [4.69, 9.17) is 4.52 Å². The lowest BCUT2D eigenvalue weighted by Crippen LogP contribution is -1.88. The number of rotatable bonds is 3. The highest BCUT2D eigenvalue weighted by molar-refractivity contribution is 7.99. The summed E-state index contributed by atoms with van der Waals surface area (Å²) in [5.74, 6) is 1.37. The maximum atomic E-state index is 5.14. The van der Waals surface area contributed by atoms with Crippen molar-refractivity contribution in [2.24, 2.45) is 0 Å². The lowest BCUT2D eigenvalue weighted by atomic mass is 10.2. The van der Waals surface area contributed by atoms with Crippen LogP contribution in [0, 0.1) is 13.8 Å². The van der Waals surface area contributed by atoms with E-state index < -0.39 is 0 Å². The molecule has 0 saturated heterocycles. The molecule has 0 amide bonds. The zero-order valence-corrected chi connectivity index (χ0v) is 10.4. The van der Waals surface area contributed by atoms with Crippen LogP contribution < -0.4 is 0 Å². The molecule has 1 heterocycles. The van der Waals surface area contributed by atoms with Gasteiger partial charge in [0.15, 0.2) is 5.82 Å². The first-order valence-electron chi connectivity index (χ1n) is 5.18. The molecule has 1 aromatic heterocycles. The fourth-order valence-corrected chi connectivity index (χ4v) is 2.25. The Kier molecular flexibility index (Phi) is 3.29. The number of hydrogen-bond acceptors (Lipinski definition) is 4. The number of aromatic nitrogens is 2. The summed E-state index contributed by atoms with van der Waals surface area (Å²) >= 11 is 1.72. The first-order valence-corrected chi connectivity index (χ1v) is 6.06. The standard InChI is InChI=1S/C12H14N2OS/c1-8-4-6-11(7-5-8)16-9(2)12-13-10(3)14-15-12/h4-7,9H,1-3H3. The minimum Gasteiger partial charge on any atom is -0.338 e. The Labute approximate surface area is 99.3 Å². The summed E-state index contributed by atoms with van der Waals surface area (Å²) in [5, 5.41) is 3.98.